The van der Waals surface area contributed by atoms with Gasteiger partial charge in [0.05, 0.1) is 12.2 Å². The molecule has 3 saturated heterocycles. The smallest absolute Gasteiger partial charge is 0.387 e. The van der Waals surface area contributed by atoms with E-state index in [2.05, 4.69) is 19.9 Å². The number of rotatable bonds is 15. The van der Waals surface area contributed by atoms with Crippen molar-refractivity contribution in [2.45, 2.75) is 57.0 Å². The van der Waals surface area contributed by atoms with Crippen LogP contribution in [0.2, 0.25) is 10.0 Å². The zero-order valence-corrected chi connectivity index (χ0v) is 30.6. The van der Waals surface area contributed by atoms with Crippen molar-refractivity contribution in [2.24, 2.45) is 11.8 Å². The number of H-pyrrole nitrogens is 1. The van der Waals surface area contributed by atoms with E-state index in [1.165, 1.54) is 42.7 Å². The van der Waals surface area contributed by atoms with Gasteiger partial charge in [-0.2, -0.15) is 8.78 Å². The first-order valence-electron chi connectivity index (χ1n) is 17.9. The molecule has 284 valence electrons. The Morgan fingerprint density at radius 1 is 0.907 bits per heavy atom. The Hall–Kier alpha value is -4.52. The van der Waals surface area contributed by atoms with Gasteiger partial charge in [-0.15, -0.1) is 0 Å². The highest BCUT2D eigenvalue weighted by atomic mass is 35.5. The number of halogens is 5. The van der Waals surface area contributed by atoms with Crippen LogP contribution in [0.3, 0.4) is 0 Å². The van der Waals surface area contributed by atoms with Crippen LogP contribution < -0.4 is 19.8 Å². The monoisotopic (exact) mass is 784 g/mol. The van der Waals surface area contributed by atoms with Gasteiger partial charge in [0.15, 0.2) is 29.9 Å². The molecule has 4 fully saturated rings. The minimum atomic E-state index is -3.09. The van der Waals surface area contributed by atoms with E-state index < -0.39 is 36.5 Å². The third kappa shape index (κ3) is 9.22. The summed E-state index contributed by atoms with van der Waals surface area (Å²) in [6.07, 6.45) is 5.51. The summed E-state index contributed by atoms with van der Waals surface area (Å²) >= 11 is 12.9. The molecule has 54 heavy (non-hydrogen) atoms. The van der Waals surface area contributed by atoms with Crippen molar-refractivity contribution in [1.82, 2.24) is 4.90 Å². The number of hydrogen-bond donors (Lipinski definition) is 1. The molecule has 3 atom stereocenters. The van der Waals surface area contributed by atoms with Crippen LogP contribution >= 0.6 is 23.2 Å². The molecule has 0 radical (unpaired) electrons. The van der Waals surface area contributed by atoms with Gasteiger partial charge in [0, 0.05) is 24.2 Å². The third-order valence-electron chi connectivity index (χ3n) is 10.1. The number of pyridine rings is 1. The summed E-state index contributed by atoms with van der Waals surface area (Å²) in [5, 5.41) is 3.62. The van der Waals surface area contributed by atoms with Crippen LogP contribution in [0.15, 0.2) is 79.1 Å². The van der Waals surface area contributed by atoms with Gasteiger partial charge in [-0.3, -0.25) is 4.90 Å². The second-order valence-corrected chi connectivity index (χ2v) is 14.7. The number of alkyl halides is 2. The number of nitrogens with zero attached hydrogens (tertiary/aromatic N) is 1. The molecular formula is C40H39Cl2F3N3O6+. The van der Waals surface area contributed by atoms with Crippen LogP contribution in [0.25, 0.3) is 0 Å². The highest BCUT2D eigenvalue weighted by Gasteiger charge is 2.38. The summed E-state index contributed by atoms with van der Waals surface area (Å²) in [4.78, 5) is 32.4. The summed E-state index contributed by atoms with van der Waals surface area (Å²) in [5.74, 6) is -1.91. The van der Waals surface area contributed by atoms with Crippen LogP contribution in [0.1, 0.15) is 64.9 Å². The zero-order chi connectivity index (χ0) is 37.8. The van der Waals surface area contributed by atoms with Crippen LogP contribution in [-0.4, -0.2) is 55.8 Å². The average molecular weight is 786 g/mol. The van der Waals surface area contributed by atoms with E-state index in [1.807, 2.05) is 6.07 Å². The summed E-state index contributed by atoms with van der Waals surface area (Å²) in [6, 6.07) is 16.1. The van der Waals surface area contributed by atoms with Crippen molar-refractivity contribution in [2.75, 3.05) is 31.6 Å². The van der Waals surface area contributed by atoms with Gasteiger partial charge in [0.2, 0.25) is 0 Å². The van der Waals surface area contributed by atoms with E-state index in [9.17, 15) is 18.4 Å². The topological polar surface area (TPSA) is 100 Å². The molecule has 1 aromatic heterocycles. The molecule has 2 N–H and O–H groups in total. The van der Waals surface area contributed by atoms with E-state index in [0.717, 1.165) is 44.8 Å². The highest BCUT2D eigenvalue weighted by molar-refractivity contribution is 6.35. The number of piperidine rings is 3. The van der Waals surface area contributed by atoms with Crippen LogP contribution in [0, 0.1) is 17.7 Å². The minimum Gasteiger partial charge on any atom is -0.489 e. The van der Waals surface area contributed by atoms with Crippen molar-refractivity contribution in [3.63, 3.8) is 0 Å². The molecular weight excluding hydrogens is 746 g/mol. The van der Waals surface area contributed by atoms with Gasteiger partial charge in [-0.1, -0.05) is 59.6 Å². The molecule has 2 bridgehead atoms. The second-order valence-electron chi connectivity index (χ2n) is 13.9. The van der Waals surface area contributed by atoms with Crippen LogP contribution in [0.4, 0.5) is 18.9 Å². The number of ether oxygens (including phenoxy) is 4. The van der Waals surface area contributed by atoms with Crippen LogP contribution in [-0.2, 0) is 20.7 Å². The largest absolute Gasteiger partial charge is 0.489 e. The molecule has 1 aliphatic carbocycles. The molecule has 9 nitrogen and oxygen atoms in total. The molecule has 0 spiro atoms. The fourth-order valence-corrected chi connectivity index (χ4v) is 7.45. The maximum atomic E-state index is 15.8. The highest BCUT2D eigenvalue weighted by Crippen LogP contribution is 2.38. The Morgan fingerprint density at radius 2 is 1.65 bits per heavy atom. The summed E-state index contributed by atoms with van der Waals surface area (Å²) in [7, 11) is 0. The van der Waals surface area contributed by atoms with Gasteiger partial charge in [-0.25, -0.2) is 19.0 Å². The third-order valence-corrected chi connectivity index (χ3v) is 10.8. The predicted octanol–water partition coefficient (Wildman–Crippen LogP) is 8.27. The lowest BCUT2D eigenvalue weighted by Gasteiger charge is -2.44. The number of aromatic nitrogens is 1. The Labute approximate surface area is 320 Å². The molecule has 3 aromatic carbocycles. The van der Waals surface area contributed by atoms with Crippen molar-refractivity contribution >= 4 is 40.8 Å². The van der Waals surface area contributed by atoms with Gasteiger partial charge < -0.3 is 24.3 Å². The Kier molecular flexibility index (Phi) is 11.8. The van der Waals surface area contributed by atoms with E-state index in [-0.39, 0.29) is 45.3 Å². The summed E-state index contributed by atoms with van der Waals surface area (Å²) in [6.45, 7) is -0.107. The number of benzene rings is 3. The lowest BCUT2D eigenvalue weighted by atomic mass is 9.86. The summed E-state index contributed by atoms with van der Waals surface area (Å²) in [5.41, 5.74) is 1.28. The first-order valence-corrected chi connectivity index (χ1v) is 18.7. The van der Waals surface area contributed by atoms with Crippen molar-refractivity contribution in [1.29, 1.82) is 0 Å². The predicted molar refractivity (Wildman–Crippen MR) is 194 cm³/mol. The number of anilines is 1. The Morgan fingerprint density at radius 3 is 2.30 bits per heavy atom. The number of aromatic amines is 1. The standard InChI is InChI=1S/C40H38Cl2F3N3O6/c41-30-19-46-20-31(42)29(30)18-34(26-8-11-33(54-40(44)45)35(16-26)51-22-23-6-7-23)52-38(49)28-10-9-27(17-32(28)43)47-37(25-4-2-1-3-5-25)39(50)53-36-21-48-14-12-24(36)13-15-48/h1-5,8-11,16-17,19-20,23-24,34,36-37,40,47H,6-7,12-15,18,21-22H2/p+1/t34-,36-,37?/m0/s1. The van der Waals surface area contributed by atoms with Crippen LogP contribution in [0.5, 0.6) is 11.5 Å². The van der Waals surface area contributed by atoms with Crippen molar-refractivity contribution < 1.29 is 46.7 Å². The molecule has 4 aliphatic rings. The van der Waals surface area contributed by atoms with Gasteiger partial charge in [0.25, 0.3) is 0 Å². The lowest BCUT2D eigenvalue weighted by molar-refractivity contribution is -0.377. The SMILES string of the molecule is O=C(O[C@@H](Cc1c(Cl)c[nH+]cc1Cl)c1ccc(OC(F)F)c(OCC2CC2)c1)c1ccc(NC(C(=O)O[C@H]2CN3CCC2CC3)c2ccccc2)cc1F. The maximum absolute atomic E-state index is 15.8. The fraction of sp³-hybridized carbons (Fsp3) is 0.375. The minimum absolute atomic E-state index is 0.0425. The van der Waals surface area contributed by atoms with E-state index in [0.29, 0.717) is 41.7 Å². The summed E-state index contributed by atoms with van der Waals surface area (Å²) < 4.78 is 64.8. The number of hydrogen-bond acceptors (Lipinski definition) is 8. The Balaban J connectivity index is 1.12. The number of fused-ring (bicyclic) bond motifs is 3. The van der Waals surface area contributed by atoms with E-state index in [1.54, 1.807) is 24.3 Å². The molecule has 3 aliphatic heterocycles. The lowest BCUT2D eigenvalue weighted by Crippen LogP contribution is -2.52. The first kappa shape index (κ1) is 37.8. The molecule has 0 amide bonds. The number of carbonyl (C=O) groups excluding carboxylic acids is 2. The Bertz CT molecular complexity index is 1940. The maximum Gasteiger partial charge on any atom is 0.387 e. The molecule has 4 heterocycles. The van der Waals surface area contributed by atoms with E-state index >= 15 is 4.39 Å². The first-order chi connectivity index (χ1) is 26.1. The molecule has 1 unspecified atom stereocenters. The zero-order valence-electron chi connectivity index (χ0n) is 29.1. The van der Waals surface area contributed by atoms with E-state index in [4.69, 9.17) is 37.4 Å². The molecule has 8 rings (SSSR count). The van der Waals surface area contributed by atoms with Gasteiger partial charge in [0.1, 0.15) is 28.1 Å². The number of nitrogens with one attached hydrogen (secondary N) is 2. The van der Waals surface area contributed by atoms with Crippen molar-refractivity contribution in [3.8, 4) is 11.5 Å². The molecule has 1 saturated carbocycles. The van der Waals surface area contributed by atoms with Gasteiger partial charge in [-0.05, 0) is 92.1 Å². The second kappa shape index (κ2) is 16.9. The number of carbonyl (C=O) groups is 2. The van der Waals surface area contributed by atoms with Gasteiger partial charge >= 0.3 is 18.6 Å². The number of esters is 2. The molecule has 4 aromatic rings. The van der Waals surface area contributed by atoms with Crippen molar-refractivity contribution in [3.05, 3.63) is 117 Å². The molecule has 14 heteroatoms. The average Bonchev–Trinajstić information content (AvgIpc) is 4.00. The normalized spacial score (nSPS) is 20.2. The quantitative estimate of drug-likeness (QED) is 0.120. The fourth-order valence-electron chi connectivity index (χ4n) is 6.92.